The summed E-state index contributed by atoms with van der Waals surface area (Å²) in [6, 6.07) is 3.86. The fourth-order valence-corrected chi connectivity index (χ4v) is 6.38. The number of carbonyl (C=O) groups is 1. The Labute approximate surface area is 186 Å². The van der Waals surface area contributed by atoms with Gasteiger partial charge in [0.15, 0.2) is 0 Å². The Kier molecular flexibility index (Phi) is 5.46. The largest absolute Gasteiger partial charge is 0.379 e. The van der Waals surface area contributed by atoms with Crippen LogP contribution in [0.2, 0.25) is 5.02 Å². The van der Waals surface area contributed by atoms with Crippen molar-refractivity contribution >= 4 is 23.2 Å². The number of aromatic nitrogens is 3. The molecule has 31 heavy (non-hydrogen) atoms. The van der Waals surface area contributed by atoms with Crippen molar-refractivity contribution in [2.45, 2.75) is 57.7 Å². The molecule has 7 nitrogen and oxygen atoms in total. The van der Waals surface area contributed by atoms with Crippen LogP contribution in [0.15, 0.2) is 35.5 Å². The van der Waals surface area contributed by atoms with Crippen molar-refractivity contribution < 1.29 is 4.79 Å². The predicted molar refractivity (Wildman–Crippen MR) is 119 cm³/mol. The molecule has 2 heterocycles. The summed E-state index contributed by atoms with van der Waals surface area (Å²) in [6.07, 6.45) is 11.5. The number of nitrogens with one attached hydrogen (secondary N) is 2. The molecule has 2 aromatic rings. The van der Waals surface area contributed by atoms with Gasteiger partial charge >= 0.3 is 0 Å². The molecule has 0 saturated heterocycles. The summed E-state index contributed by atoms with van der Waals surface area (Å²) in [5, 5.41) is 10.8. The number of halogens is 1. The van der Waals surface area contributed by atoms with Crippen LogP contribution in [0, 0.1) is 23.7 Å². The van der Waals surface area contributed by atoms with Gasteiger partial charge in [-0.25, -0.2) is 4.68 Å². The molecule has 1 atom stereocenters. The zero-order valence-corrected chi connectivity index (χ0v) is 18.4. The maximum absolute atomic E-state index is 12.8. The zero-order chi connectivity index (χ0) is 21.5. The molecule has 0 aliphatic heterocycles. The first-order valence-corrected chi connectivity index (χ1v) is 11.6. The lowest BCUT2D eigenvalue weighted by Gasteiger charge is -2.54. The molecule has 4 saturated carbocycles. The summed E-state index contributed by atoms with van der Waals surface area (Å²) in [7, 11) is 0. The van der Waals surface area contributed by atoms with Gasteiger partial charge in [-0.3, -0.25) is 14.6 Å². The minimum absolute atomic E-state index is 0.110. The quantitative estimate of drug-likeness (QED) is 0.717. The van der Waals surface area contributed by atoms with Gasteiger partial charge in [-0.2, -0.15) is 5.10 Å². The van der Waals surface area contributed by atoms with E-state index in [1.807, 2.05) is 19.1 Å². The van der Waals surface area contributed by atoms with Crippen LogP contribution >= 0.6 is 11.6 Å². The summed E-state index contributed by atoms with van der Waals surface area (Å²) in [5.74, 6) is 2.80. The number of anilines is 1. The van der Waals surface area contributed by atoms with Crippen LogP contribution in [0.5, 0.6) is 0 Å². The van der Waals surface area contributed by atoms with Crippen molar-refractivity contribution in [1.82, 2.24) is 20.1 Å². The van der Waals surface area contributed by atoms with Gasteiger partial charge in [0.05, 0.1) is 17.9 Å². The van der Waals surface area contributed by atoms with Crippen LogP contribution < -0.4 is 16.2 Å². The number of amides is 1. The first-order chi connectivity index (χ1) is 15.0. The van der Waals surface area contributed by atoms with Crippen molar-refractivity contribution in [3.8, 4) is 0 Å². The molecular formula is C23H28ClN5O2. The summed E-state index contributed by atoms with van der Waals surface area (Å²) in [5.41, 5.74) is 1.09. The van der Waals surface area contributed by atoms with Crippen molar-refractivity contribution in [2.24, 2.45) is 23.7 Å². The standard InChI is InChI=1S/C23H28ClN5O2/c1-13(16-2-4-25-5-3-16)27-20(30)12-29-23(31)21(24)19(11-26-29)28-22-17-7-14-6-15(9-17)10-18(22)8-14/h2-5,11,13-15,17-18,22,28H,6-10,12H2,1H3,(H,27,30)/t13-,14?,15?,17?,18?,22?/m1/s1. The van der Waals surface area contributed by atoms with Crippen LogP contribution in [0.3, 0.4) is 0 Å². The molecule has 0 aromatic carbocycles. The Morgan fingerprint density at radius 3 is 2.45 bits per heavy atom. The Balaban J connectivity index is 1.25. The first-order valence-electron chi connectivity index (χ1n) is 11.2. The van der Waals surface area contributed by atoms with E-state index < -0.39 is 5.56 Å². The molecule has 8 heteroatoms. The molecule has 4 aliphatic carbocycles. The second kappa shape index (κ2) is 8.26. The van der Waals surface area contributed by atoms with Crippen LogP contribution in [-0.4, -0.2) is 26.7 Å². The van der Waals surface area contributed by atoms with Gasteiger partial charge in [0.25, 0.3) is 5.56 Å². The predicted octanol–water partition coefficient (Wildman–Crippen LogP) is 3.41. The zero-order valence-electron chi connectivity index (χ0n) is 17.6. The summed E-state index contributed by atoms with van der Waals surface area (Å²) >= 11 is 6.42. The summed E-state index contributed by atoms with van der Waals surface area (Å²) in [4.78, 5) is 29.2. The molecule has 2 N–H and O–H groups in total. The molecule has 0 radical (unpaired) electrons. The molecule has 4 fully saturated rings. The van der Waals surface area contributed by atoms with Gasteiger partial charge < -0.3 is 10.6 Å². The van der Waals surface area contributed by atoms with E-state index >= 15 is 0 Å². The van der Waals surface area contributed by atoms with Crippen molar-refractivity contribution in [2.75, 3.05) is 5.32 Å². The second-order valence-electron chi connectivity index (χ2n) is 9.51. The average Bonchev–Trinajstić information content (AvgIpc) is 2.75. The summed E-state index contributed by atoms with van der Waals surface area (Å²) in [6.45, 7) is 1.71. The van der Waals surface area contributed by atoms with Crippen LogP contribution in [0.1, 0.15) is 50.6 Å². The van der Waals surface area contributed by atoms with E-state index in [9.17, 15) is 9.59 Å². The smallest absolute Gasteiger partial charge is 0.288 e. The number of pyridine rings is 1. The highest BCUT2D eigenvalue weighted by Gasteiger charge is 2.48. The lowest BCUT2D eigenvalue weighted by molar-refractivity contribution is -0.122. The lowest BCUT2D eigenvalue weighted by atomic mass is 9.54. The molecular weight excluding hydrogens is 414 g/mol. The van der Waals surface area contributed by atoms with Gasteiger partial charge in [-0.05, 0) is 80.4 Å². The molecule has 164 valence electrons. The Morgan fingerprint density at radius 1 is 1.16 bits per heavy atom. The fraction of sp³-hybridized carbons (Fsp3) is 0.565. The van der Waals surface area contributed by atoms with Crippen molar-refractivity contribution in [3.63, 3.8) is 0 Å². The van der Waals surface area contributed by atoms with Crippen LogP contribution in [0.4, 0.5) is 5.69 Å². The molecule has 4 aliphatic rings. The van der Waals surface area contributed by atoms with E-state index in [1.54, 1.807) is 18.6 Å². The SMILES string of the molecule is C[C@@H](NC(=O)Cn1ncc(NC2C3CC4CC(C3)CC2C4)c(Cl)c1=O)c1ccncc1. The van der Waals surface area contributed by atoms with Gasteiger partial charge in [0.2, 0.25) is 5.91 Å². The van der Waals surface area contributed by atoms with E-state index in [4.69, 9.17) is 11.6 Å². The van der Waals surface area contributed by atoms with Gasteiger partial charge in [0, 0.05) is 18.4 Å². The molecule has 1 amide bonds. The number of rotatable bonds is 6. The number of nitrogens with zero attached hydrogens (tertiary/aromatic N) is 3. The minimum Gasteiger partial charge on any atom is -0.379 e. The van der Waals surface area contributed by atoms with Crippen LogP contribution in [0.25, 0.3) is 0 Å². The van der Waals surface area contributed by atoms with E-state index in [2.05, 4.69) is 20.7 Å². The minimum atomic E-state index is -0.442. The number of hydrogen-bond acceptors (Lipinski definition) is 5. The molecule has 2 aromatic heterocycles. The van der Waals surface area contributed by atoms with Crippen LogP contribution in [-0.2, 0) is 11.3 Å². The monoisotopic (exact) mass is 441 g/mol. The lowest BCUT2D eigenvalue weighted by Crippen LogP contribution is -2.51. The topological polar surface area (TPSA) is 88.9 Å². The molecule has 0 unspecified atom stereocenters. The normalized spacial score (nSPS) is 29.5. The maximum Gasteiger partial charge on any atom is 0.288 e. The van der Waals surface area contributed by atoms with Gasteiger partial charge in [-0.15, -0.1) is 0 Å². The highest BCUT2D eigenvalue weighted by atomic mass is 35.5. The highest BCUT2D eigenvalue weighted by Crippen LogP contribution is 2.54. The van der Waals surface area contributed by atoms with E-state index in [1.165, 1.54) is 32.1 Å². The van der Waals surface area contributed by atoms with Crippen molar-refractivity contribution in [3.05, 3.63) is 51.7 Å². The highest BCUT2D eigenvalue weighted by molar-refractivity contribution is 6.32. The van der Waals surface area contributed by atoms with Crippen molar-refractivity contribution in [1.29, 1.82) is 0 Å². The third kappa shape index (κ3) is 4.07. The number of hydrogen-bond donors (Lipinski definition) is 2. The molecule has 0 spiro atoms. The second-order valence-corrected chi connectivity index (χ2v) is 9.88. The Morgan fingerprint density at radius 2 is 1.81 bits per heavy atom. The molecule has 6 rings (SSSR count). The maximum atomic E-state index is 12.8. The first kappa shape index (κ1) is 20.5. The van der Waals surface area contributed by atoms with E-state index in [-0.39, 0.29) is 23.5 Å². The van der Waals surface area contributed by atoms with Gasteiger partial charge in [0.1, 0.15) is 11.6 Å². The number of carbonyl (C=O) groups excluding carboxylic acids is 1. The Hall–Kier alpha value is -2.41. The summed E-state index contributed by atoms with van der Waals surface area (Å²) < 4.78 is 1.12. The van der Waals surface area contributed by atoms with Gasteiger partial charge in [-0.1, -0.05) is 11.6 Å². The third-order valence-electron chi connectivity index (χ3n) is 7.41. The van der Waals surface area contributed by atoms with E-state index in [0.29, 0.717) is 23.6 Å². The average molecular weight is 442 g/mol. The molecule has 4 bridgehead atoms. The fourth-order valence-electron chi connectivity index (χ4n) is 6.18. The Bertz CT molecular complexity index is 996. The van der Waals surface area contributed by atoms with E-state index in [0.717, 1.165) is 22.1 Å². The third-order valence-corrected chi connectivity index (χ3v) is 7.78.